The van der Waals surface area contributed by atoms with Crippen LogP contribution in [0, 0.1) is 0 Å². The van der Waals surface area contributed by atoms with Crippen molar-refractivity contribution < 1.29 is 9.47 Å². The summed E-state index contributed by atoms with van der Waals surface area (Å²) >= 11 is 0. The zero-order valence-corrected chi connectivity index (χ0v) is 9.96. The number of nitrogens with two attached hydrogens (primary N) is 1. The van der Waals surface area contributed by atoms with Crippen molar-refractivity contribution in [2.24, 2.45) is 5.73 Å². The Morgan fingerprint density at radius 1 is 1.29 bits per heavy atom. The number of nitrogens with one attached hydrogen (secondary N) is 1. The fraction of sp³-hybridized carbons (Fsp3) is 1.00. The van der Waals surface area contributed by atoms with Crippen molar-refractivity contribution in [3.63, 3.8) is 0 Å². The second-order valence-electron chi connectivity index (χ2n) is 4.17. The van der Waals surface area contributed by atoms with Crippen molar-refractivity contribution in [3.05, 3.63) is 0 Å². The minimum atomic E-state index is -0.199. The molecule has 4 nitrogen and oxygen atoms in total. The molecule has 0 aliphatic heterocycles. The van der Waals surface area contributed by atoms with Crippen LogP contribution in [0.3, 0.4) is 0 Å². The van der Waals surface area contributed by atoms with Crippen LogP contribution in [0.4, 0.5) is 0 Å². The number of methoxy groups -OCH3 is 2. The molecule has 0 radical (unpaired) electrons. The highest BCUT2D eigenvalue weighted by Gasteiger charge is 2.27. The summed E-state index contributed by atoms with van der Waals surface area (Å²) in [7, 11) is 3.28. The van der Waals surface area contributed by atoms with E-state index in [1.165, 1.54) is 0 Å². The van der Waals surface area contributed by atoms with Crippen LogP contribution in [-0.4, -0.2) is 38.6 Å². The van der Waals surface area contributed by atoms with Gasteiger partial charge in [-0.3, -0.25) is 0 Å². The lowest BCUT2D eigenvalue weighted by Crippen LogP contribution is -2.53. The molecular formula is C10H24N2O2. The fourth-order valence-electron chi connectivity index (χ4n) is 1.53. The molecule has 14 heavy (non-hydrogen) atoms. The quantitative estimate of drug-likeness (QED) is 0.600. The van der Waals surface area contributed by atoms with Crippen molar-refractivity contribution in [3.8, 4) is 0 Å². The van der Waals surface area contributed by atoms with Gasteiger partial charge in [0.2, 0.25) is 0 Å². The Morgan fingerprint density at radius 2 is 1.79 bits per heavy atom. The third kappa shape index (κ3) is 4.91. The van der Waals surface area contributed by atoms with E-state index in [1.54, 1.807) is 14.2 Å². The second kappa shape index (κ2) is 6.35. The number of ether oxygens (including phenoxy) is 2. The molecule has 0 aromatic rings. The molecule has 0 saturated carbocycles. The maximum Gasteiger partial charge on any atom is 0.158 e. The maximum absolute atomic E-state index is 5.74. The zero-order chi connectivity index (χ0) is 11.2. The van der Waals surface area contributed by atoms with Crippen LogP contribution >= 0.6 is 0 Å². The lowest BCUT2D eigenvalue weighted by Gasteiger charge is -2.34. The Bertz CT molecular complexity index is 149. The molecule has 86 valence electrons. The number of hydrogen-bond donors (Lipinski definition) is 2. The summed E-state index contributed by atoms with van der Waals surface area (Å²) in [6.45, 7) is 6.84. The normalized spacial score (nSPS) is 16.3. The smallest absolute Gasteiger partial charge is 0.158 e. The van der Waals surface area contributed by atoms with Gasteiger partial charge in [-0.1, -0.05) is 13.8 Å². The van der Waals surface area contributed by atoms with Crippen molar-refractivity contribution >= 4 is 0 Å². The SMILES string of the molecule is COC(CC(C)(CN)NC(C)C)OC. The Balaban J connectivity index is 4.22. The van der Waals surface area contributed by atoms with E-state index in [-0.39, 0.29) is 11.8 Å². The molecule has 0 heterocycles. The number of rotatable bonds is 7. The maximum atomic E-state index is 5.74. The van der Waals surface area contributed by atoms with Crippen LogP contribution in [0.25, 0.3) is 0 Å². The Kier molecular flexibility index (Phi) is 6.27. The van der Waals surface area contributed by atoms with Gasteiger partial charge in [-0.25, -0.2) is 0 Å². The van der Waals surface area contributed by atoms with Gasteiger partial charge in [-0.15, -0.1) is 0 Å². The predicted octanol–water partition coefficient (Wildman–Crippen LogP) is 0.711. The first-order chi connectivity index (χ1) is 6.47. The van der Waals surface area contributed by atoms with Gasteiger partial charge in [0, 0.05) is 38.8 Å². The van der Waals surface area contributed by atoms with E-state index in [1.807, 2.05) is 0 Å². The highest BCUT2D eigenvalue weighted by atomic mass is 16.7. The molecule has 4 heteroatoms. The third-order valence-electron chi connectivity index (χ3n) is 2.23. The van der Waals surface area contributed by atoms with Gasteiger partial charge >= 0.3 is 0 Å². The van der Waals surface area contributed by atoms with Crippen molar-refractivity contribution in [2.45, 2.75) is 45.1 Å². The average Bonchev–Trinajstić information content (AvgIpc) is 2.13. The molecule has 0 rings (SSSR count). The van der Waals surface area contributed by atoms with E-state index in [4.69, 9.17) is 15.2 Å². The summed E-state index contributed by atoms with van der Waals surface area (Å²) in [6.07, 6.45) is 0.545. The third-order valence-corrected chi connectivity index (χ3v) is 2.23. The van der Waals surface area contributed by atoms with Crippen LogP contribution in [0.15, 0.2) is 0 Å². The number of hydrogen-bond acceptors (Lipinski definition) is 4. The molecule has 1 atom stereocenters. The van der Waals surface area contributed by atoms with Crippen molar-refractivity contribution in [1.29, 1.82) is 0 Å². The van der Waals surface area contributed by atoms with E-state index in [0.29, 0.717) is 12.6 Å². The van der Waals surface area contributed by atoms with Crippen LogP contribution in [0.1, 0.15) is 27.2 Å². The first kappa shape index (κ1) is 13.8. The molecule has 0 bridgehead atoms. The summed E-state index contributed by atoms with van der Waals surface area (Å²) in [5.74, 6) is 0. The molecule has 0 aromatic carbocycles. The zero-order valence-electron chi connectivity index (χ0n) is 9.96. The van der Waals surface area contributed by atoms with Gasteiger partial charge in [0.1, 0.15) is 0 Å². The van der Waals surface area contributed by atoms with Gasteiger partial charge < -0.3 is 20.5 Å². The van der Waals surface area contributed by atoms with Crippen LogP contribution in [0.2, 0.25) is 0 Å². The van der Waals surface area contributed by atoms with Gasteiger partial charge in [0.25, 0.3) is 0 Å². The lowest BCUT2D eigenvalue weighted by molar-refractivity contribution is -0.117. The first-order valence-corrected chi connectivity index (χ1v) is 5.00. The second-order valence-corrected chi connectivity index (χ2v) is 4.17. The van der Waals surface area contributed by atoms with Gasteiger partial charge in [0.05, 0.1) is 0 Å². The minimum absolute atomic E-state index is 0.134. The van der Waals surface area contributed by atoms with Gasteiger partial charge in [-0.05, 0) is 6.92 Å². The first-order valence-electron chi connectivity index (χ1n) is 5.00. The van der Waals surface area contributed by atoms with E-state index in [9.17, 15) is 0 Å². The molecular weight excluding hydrogens is 180 g/mol. The van der Waals surface area contributed by atoms with Crippen molar-refractivity contribution in [1.82, 2.24) is 5.32 Å². The summed E-state index contributed by atoms with van der Waals surface area (Å²) in [5.41, 5.74) is 5.61. The van der Waals surface area contributed by atoms with Gasteiger partial charge in [0.15, 0.2) is 6.29 Å². The molecule has 1 unspecified atom stereocenters. The van der Waals surface area contributed by atoms with Crippen LogP contribution in [-0.2, 0) is 9.47 Å². The molecule has 0 spiro atoms. The van der Waals surface area contributed by atoms with E-state index in [2.05, 4.69) is 26.1 Å². The molecule has 0 aliphatic rings. The Labute approximate surface area is 87.1 Å². The summed E-state index contributed by atoms with van der Waals surface area (Å²) in [4.78, 5) is 0. The summed E-state index contributed by atoms with van der Waals surface area (Å²) < 4.78 is 10.3. The molecule has 0 fully saturated rings. The van der Waals surface area contributed by atoms with E-state index in [0.717, 1.165) is 6.42 Å². The minimum Gasteiger partial charge on any atom is -0.356 e. The lowest BCUT2D eigenvalue weighted by atomic mass is 9.96. The van der Waals surface area contributed by atoms with E-state index < -0.39 is 0 Å². The van der Waals surface area contributed by atoms with E-state index >= 15 is 0 Å². The standard InChI is InChI=1S/C10H24N2O2/c1-8(2)12-10(3,7-11)6-9(13-4)14-5/h8-9,12H,6-7,11H2,1-5H3. The highest BCUT2D eigenvalue weighted by Crippen LogP contribution is 2.14. The highest BCUT2D eigenvalue weighted by molar-refractivity contribution is 4.86. The molecule has 3 N–H and O–H groups in total. The summed E-state index contributed by atoms with van der Waals surface area (Å²) in [5, 5.41) is 3.42. The van der Waals surface area contributed by atoms with Crippen LogP contribution in [0.5, 0.6) is 0 Å². The van der Waals surface area contributed by atoms with Crippen LogP contribution < -0.4 is 11.1 Å². The predicted molar refractivity (Wildman–Crippen MR) is 58.2 cm³/mol. The van der Waals surface area contributed by atoms with Crippen molar-refractivity contribution in [2.75, 3.05) is 20.8 Å². The monoisotopic (exact) mass is 204 g/mol. The molecule has 0 aliphatic carbocycles. The average molecular weight is 204 g/mol. The Morgan fingerprint density at radius 3 is 2.07 bits per heavy atom. The Hall–Kier alpha value is -0.160. The topological polar surface area (TPSA) is 56.5 Å². The molecule has 0 aromatic heterocycles. The largest absolute Gasteiger partial charge is 0.356 e. The molecule has 0 saturated heterocycles. The molecule has 0 amide bonds. The summed E-state index contributed by atoms with van der Waals surface area (Å²) in [6, 6.07) is 0.401. The fourth-order valence-corrected chi connectivity index (χ4v) is 1.53. The van der Waals surface area contributed by atoms with Gasteiger partial charge in [-0.2, -0.15) is 0 Å².